The summed E-state index contributed by atoms with van der Waals surface area (Å²) < 4.78 is 28.4. The second kappa shape index (κ2) is 9.44. The lowest BCUT2D eigenvalue weighted by atomic mass is 10.2. The molecule has 0 radical (unpaired) electrons. The lowest BCUT2D eigenvalue weighted by Gasteiger charge is -2.20. The highest BCUT2D eigenvalue weighted by Gasteiger charge is 2.23. The van der Waals surface area contributed by atoms with E-state index >= 15 is 0 Å². The molecule has 33 heavy (non-hydrogen) atoms. The molecule has 0 unspecified atom stereocenters. The number of amides is 1. The number of aromatic nitrogens is 3. The average molecular weight is 483 g/mol. The van der Waals surface area contributed by atoms with Crippen molar-refractivity contribution in [1.82, 2.24) is 14.8 Å². The van der Waals surface area contributed by atoms with E-state index in [0.717, 1.165) is 27.2 Å². The minimum Gasteiger partial charge on any atom is -0.286 e. The highest BCUT2D eigenvalue weighted by molar-refractivity contribution is 7.91. The van der Waals surface area contributed by atoms with Crippen LogP contribution in [0.25, 0.3) is 10.2 Å². The van der Waals surface area contributed by atoms with Crippen LogP contribution in [0, 0.1) is 20.8 Å². The SMILES string of the molecule is Cc1ccc(S(=O)(=O)CCC(=O)N(CCn2nc(C)cc2C)c2nc3ccccc3s2)cc1. The summed E-state index contributed by atoms with van der Waals surface area (Å²) in [7, 11) is -3.56. The van der Waals surface area contributed by atoms with E-state index in [0.29, 0.717) is 18.2 Å². The molecule has 0 aliphatic carbocycles. The first-order valence-electron chi connectivity index (χ1n) is 10.7. The van der Waals surface area contributed by atoms with Crippen LogP contribution in [0.5, 0.6) is 0 Å². The van der Waals surface area contributed by atoms with Crippen LogP contribution in [0.1, 0.15) is 23.4 Å². The Bertz CT molecular complexity index is 1360. The van der Waals surface area contributed by atoms with E-state index in [9.17, 15) is 13.2 Å². The number of hydrogen-bond donors (Lipinski definition) is 0. The normalized spacial score (nSPS) is 11.7. The fraction of sp³-hybridized carbons (Fsp3) is 0.292. The van der Waals surface area contributed by atoms with E-state index in [2.05, 4.69) is 10.1 Å². The minimum absolute atomic E-state index is 0.122. The third kappa shape index (κ3) is 5.31. The molecule has 0 N–H and O–H groups in total. The third-order valence-corrected chi connectivity index (χ3v) is 8.21. The molecule has 9 heteroatoms. The summed E-state index contributed by atoms with van der Waals surface area (Å²) in [6, 6.07) is 16.4. The van der Waals surface area contributed by atoms with Gasteiger partial charge >= 0.3 is 0 Å². The highest BCUT2D eigenvalue weighted by atomic mass is 32.2. The first-order chi connectivity index (χ1) is 15.7. The summed E-state index contributed by atoms with van der Waals surface area (Å²) in [6.07, 6.45) is -0.122. The van der Waals surface area contributed by atoms with Gasteiger partial charge in [-0.15, -0.1) is 0 Å². The first-order valence-corrected chi connectivity index (χ1v) is 13.2. The number of thiazole rings is 1. The zero-order valence-corrected chi connectivity index (χ0v) is 20.5. The molecular weight excluding hydrogens is 456 g/mol. The van der Waals surface area contributed by atoms with E-state index < -0.39 is 9.84 Å². The number of para-hydroxylation sites is 1. The molecule has 0 aliphatic rings. The van der Waals surface area contributed by atoms with E-state index in [4.69, 9.17) is 0 Å². The molecule has 2 aromatic heterocycles. The Hall–Kier alpha value is -3.04. The lowest BCUT2D eigenvalue weighted by molar-refractivity contribution is -0.118. The van der Waals surface area contributed by atoms with Gasteiger partial charge in [0.2, 0.25) is 5.91 Å². The number of carbonyl (C=O) groups excluding carboxylic acids is 1. The second-order valence-corrected chi connectivity index (χ2v) is 11.2. The zero-order valence-electron chi connectivity index (χ0n) is 18.9. The molecule has 172 valence electrons. The Kier molecular flexibility index (Phi) is 6.62. The maximum Gasteiger partial charge on any atom is 0.229 e. The largest absolute Gasteiger partial charge is 0.286 e. The predicted octanol–water partition coefficient (Wildman–Crippen LogP) is 4.32. The van der Waals surface area contributed by atoms with Crippen LogP contribution in [0.2, 0.25) is 0 Å². The maximum atomic E-state index is 13.3. The molecule has 0 bridgehead atoms. The van der Waals surface area contributed by atoms with Crippen LogP contribution >= 0.6 is 11.3 Å². The van der Waals surface area contributed by atoms with E-state index in [-0.39, 0.29) is 23.0 Å². The Morgan fingerprint density at radius 3 is 2.45 bits per heavy atom. The monoisotopic (exact) mass is 482 g/mol. The van der Waals surface area contributed by atoms with Crippen molar-refractivity contribution in [2.75, 3.05) is 17.2 Å². The molecule has 0 saturated carbocycles. The Balaban J connectivity index is 1.55. The topological polar surface area (TPSA) is 85.2 Å². The number of anilines is 1. The van der Waals surface area contributed by atoms with Crippen molar-refractivity contribution >= 4 is 42.4 Å². The van der Waals surface area contributed by atoms with Crippen molar-refractivity contribution in [1.29, 1.82) is 0 Å². The smallest absolute Gasteiger partial charge is 0.229 e. The molecule has 2 aromatic carbocycles. The minimum atomic E-state index is -3.56. The average Bonchev–Trinajstić information content (AvgIpc) is 3.35. The van der Waals surface area contributed by atoms with Gasteiger partial charge in [-0.1, -0.05) is 41.2 Å². The summed E-state index contributed by atoms with van der Waals surface area (Å²) in [5.41, 5.74) is 3.71. The highest BCUT2D eigenvalue weighted by Crippen LogP contribution is 2.29. The molecular formula is C24H26N4O3S2. The molecule has 0 aliphatic heterocycles. The van der Waals surface area contributed by atoms with Crippen molar-refractivity contribution in [3.05, 3.63) is 71.5 Å². The number of carbonyl (C=O) groups is 1. The van der Waals surface area contributed by atoms with Gasteiger partial charge in [0, 0.05) is 18.7 Å². The first kappa shape index (κ1) is 23.1. The maximum absolute atomic E-state index is 13.3. The van der Waals surface area contributed by atoms with Gasteiger partial charge in [-0.05, 0) is 51.1 Å². The number of rotatable bonds is 8. The van der Waals surface area contributed by atoms with Crippen molar-refractivity contribution < 1.29 is 13.2 Å². The van der Waals surface area contributed by atoms with Crippen molar-refractivity contribution in [3.63, 3.8) is 0 Å². The lowest BCUT2D eigenvalue weighted by Crippen LogP contribution is -2.35. The Labute approximate surface area is 197 Å². The fourth-order valence-corrected chi connectivity index (χ4v) is 5.86. The molecule has 4 rings (SSSR count). The molecule has 4 aromatic rings. The quantitative estimate of drug-likeness (QED) is 0.373. The predicted molar refractivity (Wildman–Crippen MR) is 132 cm³/mol. The van der Waals surface area contributed by atoms with E-state index in [1.807, 2.05) is 55.8 Å². The fourth-order valence-electron chi connectivity index (χ4n) is 3.62. The molecule has 2 heterocycles. The third-order valence-electron chi connectivity index (χ3n) is 5.42. The summed E-state index contributed by atoms with van der Waals surface area (Å²) in [5, 5.41) is 5.04. The molecule has 1 amide bonds. The van der Waals surface area contributed by atoms with Gasteiger partial charge in [0.1, 0.15) is 0 Å². The number of fused-ring (bicyclic) bond motifs is 1. The summed E-state index contributed by atoms with van der Waals surface area (Å²) >= 11 is 1.42. The molecule has 0 atom stereocenters. The number of nitrogens with zero attached hydrogens (tertiary/aromatic N) is 4. The number of benzene rings is 2. The number of aryl methyl sites for hydroxylation is 3. The Morgan fingerprint density at radius 1 is 1.06 bits per heavy atom. The van der Waals surface area contributed by atoms with Crippen LogP contribution in [0.4, 0.5) is 5.13 Å². The van der Waals surface area contributed by atoms with Crippen LogP contribution in [0.15, 0.2) is 59.5 Å². The van der Waals surface area contributed by atoms with Gasteiger partial charge < -0.3 is 0 Å². The van der Waals surface area contributed by atoms with Crippen molar-refractivity contribution in [2.24, 2.45) is 0 Å². The van der Waals surface area contributed by atoms with Gasteiger partial charge in [0.05, 0.1) is 33.1 Å². The molecule has 7 nitrogen and oxygen atoms in total. The van der Waals surface area contributed by atoms with Gasteiger partial charge in [-0.25, -0.2) is 13.4 Å². The van der Waals surface area contributed by atoms with Crippen LogP contribution in [0.3, 0.4) is 0 Å². The van der Waals surface area contributed by atoms with Gasteiger partial charge in [0.25, 0.3) is 0 Å². The zero-order chi connectivity index (χ0) is 23.6. The van der Waals surface area contributed by atoms with Crippen molar-refractivity contribution in [2.45, 2.75) is 38.6 Å². The van der Waals surface area contributed by atoms with Crippen LogP contribution in [-0.4, -0.2) is 41.4 Å². The van der Waals surface area contributed by atoms with Gasteiger partial charge in [-0.3, -0.25) is 14.4 Å². The van der Waals surface area contributed by atoms with E-state index in [1.165, 1.54) is 11.3 Å². The summed E-state index contributed by atoms with van der Waals surface area (Å²) in [6.45, 7) is 6.64. The number of hydrogen-bond acceptors (Lipinski definition) is 6. The van der Waals surface area contributed by atoms with Crippen molar-refractivity contribution in [3.8, 4) is 0 Å². The molecule has 0 fully saturated rings. The summed E-state index contributed by atoms with van der Waals surface area (Å²) in [4.78, 5) is 19.7. The standard InChI is InChI=1S/C24H26N4O3S2/c1-17-8-10-20(11-9-17)33(30,31)15-12-23(29)27(13-14-28-19(3)16-18(2)26-28)24-25-21-6-4-5-7-22(21)32-24/h4-11,16H,12-15H2,1-3H3. The van der Waals surface area contributed by atoms with Crippen LogP contribution in [-0.2, 0) is 21.2 Å². The van der Waals surface area contributed by atoms with Gasteiger partial charge in [-0.2, -0.15) is 5.10 Å². The van der Waals surface area contributed by atoms with E-state index in [1.54, 1.807) is 29.2 Å². The summed E-state index contributed by atoms with van der Waals surface area (Å²) in [5.74, 6) is -0.526. The number of sulfone groups is 1. The second-order valence-electron chi connectivity index (χ2n) is 8.04. The van der Waals surface area contributed by atoms with Crippen LogP contribution < -0.4 is 4.90 Å². The van der Waals surface area contributed by atoms with Gasteiger partial charge in [0.15, 0.2) is 15.0 Å². The Morgan fingerprint density at radius 2 is 1.79 bits per heavy atom. The molecule has 0 spiro atoms. The molecule has 0 saturated heterocycles.